The van der Waals surface area contributed by atoms with Gasteiger partial charge in [0.05, 0.1) is 5.52 Å². The van der Waals surface area contributed by atoms with E-state index in [0.717, 1.165) is 16.9 Å². The van der Waals surface area contributed by atoms with Crippen LogP contribution in [-0.4, -0.2) is 24.8 Å². The summed E-state index contributed by atoms with van der Waals surface area (Å²) in [6.45, 7) is 7.90. The maximum atomic E-state index is 12.5. The Hall–Kier alpha value is -0.923. The van der Waals surface area contributed by atoms with E-state index in [4.69, 9.17) is 4.74 Å². The van der Waals surface area contributed by atoms with Crippen LogP contribution in [0.2, 0.25) is 25.7 Å². The summed E-state index contributed by atoms with van der Waals surface area (Å²) >= 11 is -0.0892. The van der Waals surface area contributed by atoms with E-state index in [1.807, 2.05) is 16.8 Å². The minimum atomic E-state index is -4.26. The molecule has 0 saturated heterocycles. The third-order valence-electron chi connectivity index (χ3n) is 3.21. The Balaban J connectivity index is 2.05. The van der Waals surface area contributed by atoms with Gasteiger partial charge in [0.25, 0.3) is 0 Å². The minimum Gasteiger partial charge on any atom is -0.361 e. The van der Waals surface area contributed by atoms with E-state index >= 15 is 0 Å². The number of hydrogen-bond acceptors (Lipinski definition) is 2. The average molecular weight is 347 g/mol. The second-order valence-electron chi connectivity index (χ2n) is 6.40. The van der Waals surface area contributed by atoms with Gasteiger partial charge in [-0.15, -0.1) is 0 Å². The number of thioether (sulfide) groups is 1. The van der Waals surface area contributed by atoms with Crippen molar-refractivity contribution in [3.8, 4) is 0 Å². The van der Waals surface area contributed by atoms with Crippen molar-refractivity contribution >= 4 is 30.7 Å². The number of benzene rings is 1. The minimum absolute atomic E-state index is 0.0892. The highest BCUT2D eigenvalue weighted by Crippen LogP contribution is 2.37. The predicted molar refractivity (Wildman–Crippen MR) is 88.0 cm³/mol. The van der Waals surface area contributed by atoms with E-state index in [2.05, 4.69) is 19.6 Å². The van der Waals surface area contributed by atoms with Gasteiger partial charge in [0, 0.05) is 25.8 Å². The summed E-state index contributed by atoms with van der Waals surface area (Å²) in [5, 5.41) is 0.917. The summed E-state index contributed by atoms with van der Waals surface area (Å²) in [5.74, 6) is 0. The molecule has 1 aromatic carbocycles. The van der Waals surface area contributed by atoms with Crippen LogP contribution >= 0.6 is 11.8 Å². The van der Waals surface area contributed by atoms with Crippen LogP contribution in [0.1, 0.15) is 0 Å². The fourth-order valence-corrected chi connectivity index (χ4v) is 3.35. The van der Waals surface area contributed by atoms with Gasteiger partial charge in [-0.2, -0.15) is 13.2 Å². The molecule has 0 fully saturated rings. The lowest BCUT2D eigenvalue weighted by molar-refractivity contribution is -0.0328. The number of ether oxygens (including phenoxy) is 1. The number of nitrogens with zero attached hydrogens (tertiary/aromatic N) is 1. The van der Waals surface area contributed by atoms with E-state index in [1.54, 1.807) is 12.1 Å². The highest BCUT2D eigenvalue weighted by Gasteiger charge is 2.29. The summed E-state index contributed by atoms with van der Waals surface area (Å²) in [6, 6.07) is 7.73. The topological polar surface area (TPSA) is 14.2 Å². The first-order chi connectivity index (χ1) is 10.1. The summed E-state index contributed by atoms with van der Waals surface area (Å²) in [5.41, 5.74) is -3.50. The third-order valence-corrected chi connectivity index (χ3v) is 5.63. The molecule has 2 aromatic rings. The highest BCUT2D eigenvalue weighted by atomic mass is 32.2. The molecule has 0 unspecified atom stereocenters. The largest absolute Gasteiger partial charge is 0.446 e. The van der Waals surface area contributed by atoms with E-state index in [9.17, 15) is 13.2 Å². The number of rotatable bonds is 6. The van der Waals surface area contributed by atoms with Crippen LogP contribution in [0.5, 0.6) is 0 Å². The second kappa shape index (κ2) is 6.68. The van der Waals surface area contributed by atoms with E-state index in [0.29, 0.717) is 13.3 Å². The first kappa shape index (κ1) is 17.4. The molecule has 0 amide bonds. The molecule has 0 radical (unpaired) electrons. The molecule has 0 atom stereocenters. The molecule has 1 heterocycles. The predicted octanol–water partition coefficient (Wildman–Crippen LogP) is 5.57. The van der Waals surface area contributed by atoms with Crippen LogP contribution in [0.4, 0.5) is 13.2 Å². The maximum absolute atomic E-state index is 12.5. The van der Waals surface area contributed by atoms with Crippen molar-refractivity contribution < 1.29 is 17.9 Å². The Morgan fingerprint density at radius 1 is 1.18 bits per heavy atom. The number of aromatic nitrogens is 1. The van der Waals surface area contributed by atoms with Crippen molar-refractivity contribution in [1.29, 1.82) is 0 Å². The van der Waals surface area contributed by atoms with Crippen LogP contribution < -0.4 is 0 Å². The van der Waals surface area contributed by atoms with Gasteiger partial charge < -0.3 is 9.30 Å². The number of fused-ring (bicyclic) bond motifs is 1. The molecule has 2 rings (SSSR count). The molecule has 0 N–H and O–H groups in total. The van der Waals surface area contributed by atoms with Crippen LogP contribution in [0.15, 0.2) is 35.4 Å². The van der Waals surface area contributed by atoms with E-state index in [-0.39, 0.29) is 16.7 Å². The quantitative estimate of drug-likeness (QED) is 0.385. The van der Waals surface area contributed by atoms with Crippen molar-refractivity contribution in [3.05, 3.63) is 30.5 Å². The molecule has 0 spiro atoms. The van der Waals surface area contributed by atoms with Gasteiger partial charge in [-0.3, -0.25) is 0 Å². The van der Waals surface area contributed by atoms with Crippen molar-refractivity contribution in [3.63, 3.8) is 0 Å². The Morgan fingerprint density at radius 2 is 1.91 bits per heavy atom. The Kier molecular flexibility index (Phi) is 5.29. The lowest BCUT2D eigenvalue weighted by Gasteiger charge is -2.16. The average Bonchev–Trinajstić information content (AvgIpc) is 2.74. The van der Waals surface area contributed by atoms with E-state index < -0.39 is 13.6 Å². The molecular formula is C15H20F3NOSSi. The summed E-state index contributed by atoms with van der Waals surface area (Å²) in [6.07, 6.45) is 1.85. The normalized spacial score (nSPS) is 13.0. The molecule has 0 bridgehead atoms. The van der Waals surface area contributed by atoms with Gasteiger partial charge in [0.1, 0.15) is 6.73 Å². The van der Waals surface area contributed by atoms with Crippen molar-refractivity contribution in [2.75, 3.05) is 6.61 Å². The molecule has 0 aliphatic heterocycles. The molecule has 0 aliphatic rings. The molecule has 22 heavy (non-hydrogen) atoms. The molecule has 0 saturated carbocycles. The maximum Gasteiger partial charge on any atom is 0.446 e. The Bertz CT molecular complexity index is 634. The van der Waals surface area contributed by atoms with Crippen LogP contribution in [0, 0.1) is 0 Å². The van der Waals surface area contributed by atoms with E-state index in [1.165, 1.54) is 6.07 Å². The van der Waals surface area contributed by atoms with Crippen molar-refractivity contribution in [1.82, 2.24) is 4.57 Å². The Morgan fingerprint density at radius 3 is 2.55 bits per heavy atom. The third kappa shape index (κ3) is 5.37. The lowest BCUT2D eigenvalue weighted by Crippen LogP contribution is -2.21. The molecule has 0 aliphatic carbocycles. The van der Waals surface area contributed by atoms with Crippen LogP contribution in [0.3, 0.4) is 0 Å². The standard InChI is InChI=1S/C15H20F3NOSSi/c1-22(2,3)9-8-20-11-19-7-6-12-4-5-13(10-14(12)19)21-15(16,17)18/h4-7,10H,8-9,11H2,1-3H3. The molecule has 1 aromatic heterocycles. The van der Waals surface area contributed by atoms with Crippen LogP contribution in [-0.2, 0) is 11.5 Å². The summed E-state index contributed by atoms with van der Waals surface area (Å²) in [4.78, 5) is 0.196. The molecule has 2 nitrogen and oxygen atoms in total. The van der Waals surface area contributed by atoms with Gasteiger partial charge >= 0.3 is 5.51 Å². The molecule has 122 valence electrons. The Labute approximate surface area is 133 Å². The SMILES string of the molecule is C[Si](C)(C)CCOCn1ccc2ccc(SC(F)(F)F)cc21. The first-order valence-electron chi connectivity index (χ1n) is 7.06. The van der Waals surface area contributed by atoms with Gasteiger partial charge in [0.15, 0.2) is 0 Å². The van der Waals surface area contributed by atoms with Crippen LogP contribution in [0.25, 0.3) is 10.9 Å². The number of halogens is 3. The lowest BCUT2D eigenvalue weighted by atomic mass is 10.2. The van der Waals surface area contributed by atoms with Gasteiger partial charge in [-0.05, 0) is 41.4 Å². The molecular weight excluding hydrogens is 327 g/mol. The van der Waals surface area contributed by atoms with Gasteiger partial charge in [-0.25, -0.2) is 0 Å². The summed E-state index contributed by atoms with van der Waals surface area (Å²) in [7, 11) is -1.13. The summed E-state index contributed by atoms with van der Waals surface area (Å²) < 4.78 is 44.9. The zero-order valence-electron chi connectivity index (χ0n) is 12.9. The second-order valence-corrected chi connectivity index (χ2v) is 13.2. The van der Waals surface area contributed by atoms with Crippen molar-refractivity contribution in [2.24, 2.45) is 0 Å². The number of hydrogen-bond donors (Lipinski definition) is 0. The van der Waals surface area contributed by atoms with Crippen molar-refractivity contribution in [2.45, 2.75) is 42.8 Å². The monoisotopic (exact) mass is 347 g/mol. The smallest absolute Gasteiger partial charge is 0.361 e. The molecule has 7 heteroatoms. The van der Waals surface area contributed by atoms with Gasteiger partial charge in [0.2, 0.25) is 0 Å². The number of alkyl halides is 3. The highest BCUT2D eigenvalue weighted by molar-refractivity contribution is 8.00. The fraction of sp³-hybridized carbons (Fsp3) is 0.467. The first-order valence-corrected chi connectivity index (χ1v) is 11.6. The zero-order valence-corrected chi connectivity index (χ0v) is 14.7. The van der Waals surface area contributed by atoms with Gasteiger partial charge in [-0.1, -0.05) is 25.7 Å². The zero-order chi connectivity index (χ0) is 16.4. The fourth-order valence-electron chi connectivity index (χ4n) is 2.01.